The topological polar surface area (TPSA) is 51.6 Å². The van der Waals surface area contributed by atoms with Gasteiger partial charge in [0.2, 0.25) is 0 Å². The number of benzene rings is 7. The molecule has 0 atom stereocenters. The molecule has 9 rings (SSSR count). The Balaban J connectivity index is 1.25. The third-order valence-corrected chi connectivity index (χ3v) is 8.69. The fraction of sp³-hybridized carbons (Fsp3) is 0. The molecule has 2 heterocycles. The van der Waals surface area contributed by atoms with Crippen molar-refractivity contribution >= 4 is 43.4 Å². The van der Waals surface area contributed by atoms with Crippen LogP contribution in [0.5, 0.6) is 0 Å². The molecule has 4 heteroatoms. The van der Waals surface area contributed by atoms with Crippen molar-refractivity contribution in [3.8, 4) is 45.3 Å². The molecular formula is C42H26N4. The molecule has 0 fully saturated rings. The van der Waals surface area contributed by atoms with Gasteiger partial charge >= 0.3 is 0 Å². The van der Waals surface area contributed by atoms with Crippen molar-refractivity contribution in [1.82, 2.24) is 19.9 Å². The maximum Gasteiger partial charge on any atom is 0.164 e. The molecule has 9 aromatic rings. The summed E-state index contributed by atoms with van der Waals surface area (Å²) >= 11 is 0. The minimum atomic E-state index is 0.640. The number of nitrogens with zero attached hydrogens (tertiary/aromatic N) is 4. The SMILES string of the molecule is c1ccc(-c2nc(-c3ccccc3)nc(-c3ccc(-c4c5ccc6ccccc6c5nc5c4ccc4ccccc45)cc3)n2)cc1. The Morgan fingerprint density at radius 1 is 0.261 bits per heavy atom. The fourth-order valence-electron chi connectivity index (χ4n) is 6.45. The van der Waals surface area contributed by atoms with E-state index in [1.807, 2.05) is 60.7 Å². The van der Waals surface area contributed by atoms with E-state index in [-0.39, 0.29) is 0 Å². The molecule has 0 saturated carbocycles. The molecule has 214 valence electrons. The number of fused-ring (bicyclic) bond motifs is 6. The van der Waals surface area contributed by atoms with Crippen LogP contribution >= 0.6 is 0 Å². The molecule has 4 nitrogen and oxygen atoms in total. The van der Waals surface area contributed by atoms with Crippen molar-refractivity contribution in [3.63, 3.8) is 0 Å². The van der Waals surface area contributed by atoms with E-state index in [9.17, 15) is 0 Å². The van der Waals surface area contributed by atoms with E-state index in [0.29, 0.717) is 17.5 Å². The number of aromatic nitrogens is 4. The van der Waals surface area contributed by atoms with E-state index in [1.54, 1.807) is 0 Å². The Hall–Kier alpha value is -6.26. The zero-order valence-corrected chi connectivity index (χ0v) is 24.8. The van der Waals surface area contributed by atoms with E-state index in [0.717, 1.165) is 54.8 Å². The minimum Gasteiger partial charge on any atom is -0.246 e. The van der Waals surface area contributed by atoms with Crippen molar-refractivity contribution in [3.05, 3.63) is 158 Å². The van der Waals surface area contributed by atoms with Crippen molar-refractivity contribution < 1.29 is 0 Å². The molecule has 0 unspecified atom stereocenters. The molecule has 0 N–H and O–H groups in total. The van der Waals surface area contributed by atoms with Gasteiger partial charge in [-0.15, -0.1) is 0 Å². The second-order valence-electron chi connectivity index (χ2n) is 11.5. The lowest BCUT2D eigenvalue weighted by atomic mass is 9.92. The van der Waals surface area contributed by atoms with Crippen LogP contribution in [0.2, 0.25) is 0 Å². The Morgan fingerprint density at radius 2 is 0.652 bits per heavy atom. The summed E-state index contributed by atoms with van der Waals surface area (Å²) in [6.07, 6.45) is 0. The van der Waals surface area contributed by atoms with Crippen LogP contribution in [0.1, 0.15) is 0 Å². The van der Waals surface area contributed by atoms with Gasteiger partial charge in [0.25, 0.3) is 0 Å². The van der Waals surface area contributed by atoms with E-state index in [2.05, 4.69) is 97.1 Å². The van der Waals surface area contributed by atoms with Crippen molar-refractivity contribution in [2.24, 2.45) is 0 Å². The standard InChI is InChI=1S/C42H26N4/c1-3-13-30(14-4-1)40-44-41(31-15-5-2-6-16-31)46-42(45-40)32-21-19-29(20-22-32)37-35-25-23-27-11-7-9-17-33(27)38(35)43-39-34-18-10-8-12-28(34)24-26-36(37)39/h1-26H. The molecule has 0 saturated heterocycles. The summed E-state index contributed by atoms with van der Waals surface area (Å²) in [6.45, 7) is 0. The highest BCUT2D eigenvalue weighted by Gasteiger charge is 2.17. The van der Waals surface area contributed by atoms with Gasteiger partial charge in [-0.2, -0.15) is 0 Å². The van der Waals surface area contributed by atoms with Gasteiger partial charge in [-0.25, -0.2) is 19.9 Å². The van der Waals surface area contributed by atoms with Crippen LogP contribution in [0.4, 0.5) is 0 Å². The van der Waals surface area contributed by atoms with E-state index in [1.165, 1.54) is 16.3 Å². The first-order chi connectivity index (χ1) is 22.8. The molecule has 0 radical (unpaired) electrons. The summed E-state index contributed by atoms with van der Waals surface area (Å²) in [5.74, 6) is 1.94. The zero-order valence-electron chi connectivity index (χ0n) is 24.8. The molecule has 0 bridgehead atoms. The first-order valence-electron chi connectivity index (χ1n) is 15.4. The Bertz CT molecular complexity index is 2410. The first-order valence-corrected chi connectivity index (χ1v) is 15.4. The van der Waals surface area contributed by atoms with Gasteiger partial charge in [-0.3, -0.25) is 0 Å². The summed E-state index contributed by atoms with van der Waals surface area (Å²) in [6, 6.07) is 54.6. The first kappa shape index (κ1) is 26.2. The number of rotatable bonds is 4. The lowest BCUT2D eigenvalue weighted by Gasteiger charge is -2.15. The maximum atomic E-state index is 5.34. The minimum absolute atomic E-state index is 0.640. The van der Waals surface area contributed by atoms with E-state index < -0.39 is 0 Å². The van der Waals surface area contributed by atoms with Gasteiger partial charge in [0.1, 0.15) is 0 Å². The lowest BCUT2D eigenvalue weighted by Crippen LogP contribution is -2.00. The monoisotopic (exact) mass is 586 g/mol. The average Bonchev–Trinajstić information content (AvgIpc) is 3.14. The molecule has 2 aromatic heterocycles. The second-order valence-corrected chi connectivity index (χ2v) is 11.5. The Morgan fingerprint density at radius 3 is 1.13 bits per heavy atom. The zero-order chi connectivity index (χ0) is 30.5. The van der Waals surface area contributed by atoms with Gasteiger partial charge in [-0.1, -0.05) is 158 Å². The summed E-state index contributed by atoms with van der Waals surface area (Å²) in [5, 5.41) is 6.93. The number of hydrogen-bond acceptors (Lipinski definition) is 4. The quantitative estimate of drug-likeness (QED) is 0.152. The van der Waals surface area contributed by atoms with Crippen LogP contribution in [0, 0.1) is 0 Å². The highest BCUT2D eigenvalue weighted by molar-refractivity contribution is 6.21. The van der Waals surface area contributed by atoms with Crippen LogP contribution in [-0.4, -0.2) is 19.9 Å². The molecule has 0 aliphatic rings. The molecule has 0 spiro atoms. The molecule has 0 aliphatic carbocycles. The molecular weight excluding hydrogens is 560 g/mol. The van der Waals surface area contributed by atoms with Crippen molar-refractivity contribution in [2.45, 2.75) is 0 Å². The van der Waals surface area contributed by atoms with Gasteiger partial charge in [0.05, 0.1) is 11.0 Å². The van der Waals surface area contributed by atoms with Crippen LogP contribution in [0.3, 0.4) is 0 Å². The lowest BCUT2D eigenvalue weighted by molar-refractivity contribution is 1.07. The largest absolute Gasteiger partial charge is 0.246 e. The number of hydrogen-bond donors (Lipinski definition) is 0. The summed E-state index contributed by atoms with van der Waals surface area (Å²) in [5.41, 5.74) is 7.15. The van der Waals surface area contributed by atoms with Crippen LogP contribution in [0.25, 0.3) is 88.6 Å². The van der Waals surface area contributed by atoms with E-state index in [4.69, 9.17) is 19.9 Å². The predicted octanol–water partition coefficient (Wildman–Crippen LogP) is 10.5. The van der Waals surface area contributed by atoms with Crippen molar-refractivity contribution in [2.75, 3.05) is 0 Å². The van der Waals surface area contributed by atoms with E-state index >= 15 is 0 Å². The third-order valence-electron chi connectivity index (χ3n) is 8.69. The summed E-state index contributed by atoms with van der Waals surface area (Å²) in [7, 11) is 0. The van der Waals surface area contributed by atoms with Crippen LogP contribution in [0.15, 0.2) is 158 Å². The summed E-state index contributed by atoms with van der Waals surface area (Å²) in [4.78, 5) is 20.1. The molecule has 7 aromatic carbocycles. The summed E-state index contributed by atoms with van der Waals surface area (Å²) < 4.78 is 0. The maximum absolute atomic E-state index is 5.34. The second kappa shape index (κ2) is 10.7. The third kappa shape index (κ3) is 4.39. The van der Waals surface area contributed by atoms with Crippen LogP contribution < -0.4 is 0 Å². The molecule has 0 amide bonds. The Kier molecular flexibility index (Phi) is 6.10. The highest BCUT2D eigenvalue weighted by atomic mass is 15.0. The van der Waals surface area contributed by atoms with Crippen LogP contribution in [-0.2, 0) is 0 Å². The Labute approximate surface area is 265 Å². The van der Waals surface area contributed by atoms with Gasteiger partial charge in [-0.05, 0) is 16.3 Å². The smallest absolute Gasteiger partial charge is 0.164 e. The number of pyridine rings is 1. The normalized spacial score (nSPS) is 11.5. The van der Waals surface area contributed by atoms with Gasteiger partial charge in [0, 0.05) is 43.8 Å². The fourth-order valence-corrected chi connectivity index (χ4v) is 6.45. The van der Waals surface area contributed by atoms with Gasteiger partial charge < -0.3 is 0 Å². The average molecular weight is 587 g/mol. The predicted molar refractivity (Wildman–Crippen MR) is 189 cm³/mol. The highest BCUT2D eigenvalue weighted by Crippen LogP contribution is 2.40. The van der Waals surface area contributed by atoms with Crippen molar-refractivity contribution in [1.29, 1.82) is 0 Å². The molecule has 0 aliphatic heterocycles. The molecule has 46 heavy (non-hydrogen) atoms. The van der Waals surface area contributed by atoms with Gasteiger partial charge in [0.15, 0.2) is 17.5 Å².